The number of pyridine rings is 1. The largest absolute Gasteiger partial charge is 0.357 e. The topological polar surface area (TPSA) is 62.2 Å². The standard InChI is InChI=1S/C24H27N5OS/c1-15(2)23(30)26-19-9-8-18(13-16(19)3)29-22(17-10-12-28(4)14-17)21(27-24(29)31)20-7-5-6-11-25-20/h5-15,21-22H,1-4H3,(H,26,30)(H,27,31)/t21-,22-/m0/s1. The first-order valence-corrected chi connectivity index (χ1v) is 10.8. The second-order valence-electron chi connectivity index (χ2n) is 8.25. The van der Waals surface area contributed by atoms with Gasteiger partial charge in [0.2, 0.25) is 5.91 Å². The quantitative estimate of drug-likeness (QED) is 0.580. The van der Waals surface area contributed by atoms with E-state index in [1.807, 2.05) is 68.9 Å². The fourth-order valence-electron chi connectivity index (χ4n) is 3.89. The smallest absolute Gasteiger partial charge is 0.226 e. The molecule has 31 heavy (non-hydrogen) atoms. The molecule has 2 atom stereocenters. The third-order valence-electron chi connectivity index (χ3n) is 5.56. The predicted molar refractivity (Wildman–Crippen MR) is 128 cm³/mol. The van der Waals surface area contributed by atoms with Crippen LogP contribution < -0.4 is 15.5 Å². The Morgan fingerprint density at radius 2 is 2.03 bits per heavy atom. The third kappa shape index (κ3) is 4.18. The molecule has 0 unspecified atom stereocenters. The minimum atomic E-state index is -0.0731. The molecule has 0 bridgehead atoms. The van der Waals surface area contributed by atoms with E-state index in [0.717, 1.165) is 28.2 Å². The van der Waals surface area contributed by atoms with Gasteiger partial charge in [0, 0.05) is 42.9 Å². The van der Waals surface area contributed by atoms with Gasteiger partial charge in [-0.15, -0.1) is 0 Å². The van der Waals surface area contributed by atoms with Gasteiger partial charge in [-0.1, -0.05) is 19.9 Å². The summed E-state index contributed by atoms with van der Waals surface area (Å²) < 4.78 is 2.04. The van der Waals surface area contributed by atoms with Crippen molar-refractivity contribution >= 4 is 34.6 Å². The second-order valence-corrected chi connectivity index (χ2v) is 8.64. The van der Waals surface area contributed by atoms with Crippen LogP contribution >= 0.6 is 12.2 Å². The predicted octanol–water partition coefficient (Wildman–Crippen LogP) is 4.50. The van der Waals surface area contributed by atoms with E-state index in [1.54, 1.807) is 6.20 Å². The van der Waals surface area contributed by atoms with Crippen LogP contribution in [0.5, 0.6) is 0 Å². The van der Waals surface area contributed by atoms with Crippen molar-refractivity contribution in [2.24, 2.45) is 13.0 Å². The third-order valence-corrected chi connectivity index (χ3v) is 5.88. The van der Waals surface area contributed by atoms with E-state index in [9.17, 15) is 4.79 Å². The van der Waals surface area contributed by atoms with Gasteiger partial charge >= 0.3 is 0 Å². The van der Waals surface area contributed by atoms with Gasteiger partial charge in [-0.05, 0) is 66.7 Å². The molecule has 3 heterocycles. The first-order chi connectivity index (χ1) is 14.8. The number of benzene rings is 1. The lowest BCUT2D eigenvalue weighted by Crippen LogP contribution is -2.29. The number of anilines is 2. The number of carbonyl (C=O) groups excluding carboxylic acids is 1. The van der Waals surface area contributed by atoms with Crippen LogP contribution in [0.25, 0.3) is 0 Å². The van der Waals surface area contributed by atoms with Crippen LogP contribution in [-0.2, 0) is 11.8 Å². The highest BCUT2D eigenvalue weighted by atomic mass is 32.1. The lowest BCUT2D eigenvalue weighted by atomic mass is 9.98. The van der Waals surface area contributed by atoms with Crippen molar-refractivity contribution in [2.45, 2.75) is 32.9 Å². The van der Waals surface area contributed by atoms with Crippen molar-refractivity contribution < 1.29 is 4.79 Å². The fraction of sp³-hybridized carbons (Fsp3) is 0.292. The number of aromatic nitrogens is 2. The normalized spacial score (nSPS) is 18.4. The van der Waals surface area contributed by atoms with Crippen molar-refractivity contribution in [3.05, 3.63) is 77.9 Å². The van der Waals surface area contributed by atoms with Gasteiger partial charge in [0.1, 0.15) is 0 Å². The highest BCUT2D eigenvalue weighted by molar-refractivity contribution is 7.80. The van der Waals surface area contributed by atoms with E-state index in [4.69, 9.17) is 12.2 Å². The van der Waals surface area contributed by atoms with E-state index in [0.29, 0.717) is 5.11 Å². The summed E-state index contributed by atoms with van der Waals surface area (Å²) in [4.78, 5) is 18.9. The number of aryl methyl sites for hydroxylation is 2. The Kier molecular flexibility index (Phi) is 5.78. The summed E-state index contributed by atoms with van der Waals surface area (Å²) in [6, 6.07) is 14.0. The van der Waals surface area contributed by atoms with Gasteiger partial charge in [-0.3, -0.25) is 9.78 Å². The second kappa shape index (κ2) is 8.51. The molecule has 1 aromatic carbocycles. The van der Waals surface area contributed by atoms with Crippen molar-refractivity contribution in [3.63, 3.8) is 0 Å². The van der Waals surface area contributed by atoms with Gasteiger partial charge in [-0.25, -0.2) is 0 Å². The zero-order valence-corrected chi connectivity index (χ0v) is 19.0. The van der Waals surface area contributed by atoms with Gasteiger partial charge in [0.15, 0.2) is 5.11 Å². The van der Waals surface area contributed by atoms with Crippen LogP contribution in [0.1, 0.15) is 42.8 Å². The first kappa shape index (κ1) is 21.1. The Morgan fingerprint density at radius 3 is 2.65 bits per heavy atom. The van der Waals surface area contributed by atoms with Crippen LogP contribution in [0.15, 0.2) is 61.1 Å². The van der Waals surface area contributed by atoms with Crippen molar-refractivity contribution in [2.75, 3.05) is 10.2 Å². The monoisotopic (exact) mass is 433 g/mol. The highest BCUT2D eigenvalue weighted by Crippen LogP contribution is 2.42. The molecule has 0 radical (unpaired) electrons. The van der Waals surface area contributed by atoms with Crippen molar-refractivity contribution in [3.8, 4) is 0 Å². The Balaban J connectivity index is 1.73. The number of nitrogens with one attached hydrogen (secondary N) is 2. The Morgan fingerprint density at radius 1 is 1.23 bits per heavy atom. The number of amides is 1. The fourth-order valence-corrected chi connectivity index (χ4v) is 4.23. The lowest BCUT2D eigenvalue weighted by Gasteiger charge is -2.28. The molecule has 2 N–H and O–H groups in total. The van der Waals surface area contributed by atoms with Gasteiger partial charge < -0.3 is 20.1 Å². The Hall–Kier alpha value is -3.19. The molecule has 0 saturated carbocycles. The number of carbonyl (C=O) groups is 1. The van der Waals surface area contributed by atoms with E-state index in [1.165, 1.54) is 0 Å². The summed E-state index contributed by atoms with van der Waals surface area (Å²) in [6.45, 7) is 5.77. The molecule has 4 rings (SSSR count). The molecule has 1 amide bonds. The van der Waals surface area contributed by atoms with E-state index >= 15 is 0 Å². The summed E-state index contributed by atoms with van der Waals surface area (Å²) >= 11 is 5.77. The molecule has 160 valence electrons. The highest BCUT2D eigenvalue weighted by Gasteiger charge is 2.41. The average molecular weight is 434 g/mol. The summed E-state index contributed by atoms with van der Waals surface area (Å²) in [6.07, 6.45) is 5.97. The average Bonchev–Trinajstić information content (AvgIpc) is 3.32. The summed E-state index contributed by atoms with van der Waals surface area (Å²) in [7, 11) is 2.01. The zero-order chi connectivity index (χ0) is 22.1. The maximum atomic E-state index is 12.1. The summed E-state index contributed by atoms with van der Waals surface area (Å²) in [5.41, 5.74) is 4.88. The van der Waals surface area contributed by atoms with Crippen LogP contribution in [-0.4, -0.2) is 20.6 Å². The lowest BCUT2D eigenvalue weighted by molar-refractivity contribution is -0.118. The summed E-state index contributed by atoms with van der Waals surface area (Å²) in [5, 5.41) is 7.13. The van der Waals surface area contributed by atoms with E-state index in [-0.39, 0.29) is 23.9 Å². The molecule has 6 nitrogen and oxygen atoms in total. The number of hydrogen-bond acceptors (Lipinski definition) is 3. The molecular weight excluding hydrogens is 406 g/mol. The molecule has 0 spiro atoms. The van der Waals surface area contributed by atoms with Crippen molar-refractivity contribution in [1.29, 1.82) is 0 Å². The number of thiocarbonyl (C=S) groups is 1. The molecular formula is C24H27N5OS. The summed E-state index contributed by atoms with van der Waals surface area (Å²) in [5.74, 6) is -0.0670. The molecule has 2 aromatic heterocycles. The molecule has 1 saturated heterocycles. The zero-order valence-electron chi connectivity index (χ0n) is 18.2. The van der Waals surface area contributed by atoms with Crippen LogP contribution in [0.2, 0.25) is 0 Å². The first-order valence-electron chi connectivity index (χ1n) is 10.4. The molecule has 1 aliphatic rings. The SMILES string of the molecule is Cc1cc(N2C(=S)N[C@@H](c3ccccn3)[C@@H]2c2ccn(C)c2)ccc1NC(=O)C(C)C. The number of nitrogens with zero attached hydrogens (tertiary/aromatic N) is 3. The minimum absolute atomic E-state index is 0.00610. The molecule has 3 aromatic rings. The molecule has 0 aliphatic carbocycles. The van der Waals surface area contributed by atoms with Crippen LogP contribution in [0, 0.1) is 12.8 Å². The van der Waals surface area contributed by atoms with E-state index in [2.05, 4.69) is 38.8 Å². The number of rotatable bonds is 5. The molecule has 1 fully saturated rings. The van der Waals surface area contributed by atoms with E-state index < -0.39 is 0 Å². The number of hydrogen-bond donors (Lipinski definition) is 2. The van der Waals surface area contributed by atoms with Gasteiger partial charge in [0.05, 0.1) is 17.8 Å². The maximum absolute atomic E-state index is 12.1. The minimum Gasteiger partial charge on any atom is -0.357 e. The molecule has 1 aliphatic heterocycles. The van der Waals surface area contributed by atoms with Crippen LogP contribution in [0.3, 0.4) is 0 Å². The van der Waals surface area contributed by atoms with Crippen LogP contribution in [0.4, 0.5) is 11.4 Å². The Labute approximate surface area is 188 Å². The Bertz CT molecular complexity index is 1110. The van der Waals surface area contributed by atoms with Crippen molar-refractivity contribution in [1.82, 2.24) is 14.9 Å². The maximum Gasteiger partial charge on any atom is 0.226 e. The van der Waals surface area contributed by atoms with Gasteiger partial charge in [-0.2, -0.15) is 0 Å². The molecule has 7 heteroatoms. The van der Waals surface area contributed by atoms with Gasteiger partial charge in [0.25, 0.3) is 0 Å².